The molecule has 1 aliphatic heterocycles. The number of halogens is 2. The summed E-state index contributed by atoms with van der Waals surface area (Å²) >= 11 is 0. The third kappa shape index (κ3) is 8.63. The van der Waals surface area contributed by atoms with Gasteiger partial charge < -0.3 is 10.1 Å². The standard InChI is InChI=1S/C20H34N2O.2ClH/c1-16(2)6-11-19(22-14-12-21-13-15-22)17-7-9-18(10-8-17)23-20(3,4)5;;/h7-10,16,19,21H,6,11-15H2,1-5H3;2*1H/t19-;;/m1../s1. The van der Waals surface area contributed by atoms with Crippen molar-refractivity contribution in [3.63, 3.8) is 0 Å². The van der Waals surface area contributed by atoms with Crippen molar-refractivity contribution in [3.8, 4) is 5.75 Å². The fraction of sp³-hybridized carbons (Fsp3) is 0.700. The van der Waals surface area contributed by atoms with E-state index in [-0.39, 0.29) is 30.4 Å². The topological polar surface area (TPSA) is 24.5 Å². The summed E-state index contributed by atoms with van der Waals surface area (Å²) in [7, 11) is 0. The highest BCUT2D eigenvalue weighted by Gasteiger charge is 2.22. The van der Waals surface area contributed by atoms with Crippen molar-refractivity contribution >= 4 is 24.8 Å². The number of nitrogens with zero attached hydrogens (tertiary/aromatic N) is 1. The van der Waals surface area contributed by atoms with Crippen molar-refractivity contribution in [2.24, 2.45) is 5.92 Å². The van der Waals surface area contributed by atoms with Crippen molar-refractivity contribution < 1.29 is 4.74 Å². The third-order valence-corrected chi connectivity index (χ3v) is 4.30. The van der Waals surface area contributed by atoms with Crippen LogP contribution in [0, 0.1) is 5.92 Å². The van der Waals surface area contributed by atoms with Crippen LogP contribution in [0.5, 0.6) is 5.75 Å². The zero-order valence-corrected chi connectivity index (χ0v) is 18.0. The van der Waals surface area contributed by atoms with Crippen LogP contribution >= 0.6 is 24.8 Å². The third-order valence-electron chi connectivity index (χ3n) is 4.30. The average Bonchev–Trinajstić information content (AvgIpc) is 2.48. The molecule has 1 atom stereocenters. The first kappa shape index (κ1) is 24.5. The molecule has 1 N–H and O–H groups in total. The van der Waals surface area contributed by atoms with E-state index in [4.69, 9.17) is 4.74 Å². The number of benzene rings is 1. The molecule has 0 saturated carbocycles. The Morgan fingerprint density at radius 1 is 1.00 bits per heavy atom. The van der Waals surface area contributed by atoms with Crippen molar-refractivity contribution in [2.75, 3.05) is 26.2 Å². The van der Waals surface area contributed by atoms with Crippen molar-refractivity contribution in [1.82, 2.24) is 10.2 Å². The van der Waals surface area contributed by atoms with E-state index in [0.29, 0.717) is 6.04 Å². The first-order valence-corrected chi connectivity index (χ1v) is 9.09. The Balaban J connectivity index is 0.00000288. The molecule has 1 aliphatic rings. The van der Waals surface area contributed by atoms with Crippen LogP contribution in [0.3, 0.4) is 0 Å². The van der Waals surface area contributed by atoms with Gasteiger partial charge in [-0.15, -0.1) is 24.8 Å². The van der Waals surface area contributed by atoms with Gasteiger partial charge in [0.05, 0.1) is 0 Å². The van der Waals surface area contributed by atoms with Gasteiger partial charge in [0, 0.05) is 32.2 Å². The smallest absolute Gasteiger partial charge is 0.120 e. The Hall–Kier alpha value is -0.480. The largest absolute Gasteiger partial charge is 0.488 e. The van der Waals surface area contributed by atoms with Gasteiger partial charge in [0.25, 0.3) is 0 Å². The van der Waals surface area contributed by atoms with Gasteiger partial charge in [0.2, 0.25) is 0 Å². The maximum atomic E-state index is 5.96. The zero-order valence-electron chi connectivity index (χ0n) is 16.4. The fourth-order valence-corrected chi connectivity index (χ4v) is 3.16. The summed E-state index contributed by atoms with van der Waals surface area (Å²) < 4.78 is 5.96. The first-order chi connectivity index (χ1) is 10.8. The van der Waals surface area contributed by atoms with Crippen LogP contribution in [0.2, 0.25) is 0 Å². The molecule has 0 unspecified atom stereocenters. The van der Waals surface area contributed by atoms with Crippen LogP contribution in [0.4, 0.5) is 0 Å². The van der Waals surface area contributed by atoms with Gasteiger partial charge in [-0.05, 0) is 57.2 Å². The second kappa shape index (κ2) is 11.3. The molecule has 1 fully saturated rings. The number of rotatable bonds is 6. The molecule has 0 amide bonds. The zero-order chi connectivity index (χ0) is 16.9. The molecular weight excluding hydrogens is 355 g/mol. The number of nitrogens with one attached hydrogen (secondary N) is 1. The van der Waals surface area contributed by atoms with Crippen LogP contribution in [0.15, 0.2) is 24.3 Å². The van der Waals surface area contributed by atoms with Gasteiger partial charge in [-0.25, -0.2) is 0 Å². The van der Waals surface area contributed by atoms with Crippen LogP contribution in [-0.2, 0) is 0 Å². The summed E-state index contributed by atoms with van der Waals surface area (Å²) in [5.74, 6) is 1.72. The number of hydrogen-bond donors (Lipinski definition) is 1. The molecule has 1 aromatic rings. The summed E-state index contributed by atoms with van der Waals surface area (Å²) in [5.41, 5.74) is 1.28. The van der Waals surface area contributed by atoms with E-state index < -0.39 is 0 Å². The quantitative estimate of drug-likeness (QED) is 0.731. The molecule has 0 spiro atoms. The molecule has 0 radical (unpaired) electrons. The van der Waals surface area contributed by atoms with E-state index in [1.807, 2.05) is 0 Å². The van der Waals surface area contributed by atoms with E-state index >= 15 is 0 Å². The summed E-state index contributed by atoms with van der Waals surface area (Å²) in [4.78, 5) is 2.64. The normalized spacial score (nSPS) is 16.7. The number of piperazine rings is 1. The molecule has 1 aromatic carbocycles. The Kier molecular flexibility index (Phi) is 11.1. The molecule has 0 aromatic heterocycles. The maximum absolute atomic E-state index is 5.96. The predicted octanol–water partition coefficient (Wildman–Crippen LogP) is 5.09. The second-order valence-electron chi connectivity index (χ2n) is 8.06. The highest BCUT2D eigenvalue weighted by molar-refractivity contribution is 5.85. The molecule has 0 aliphatic carbocycles. The minimum Gasteiger partial charge on any atom is -0.488 e. The molecule has 1 saturated heterocycles. The van der Waals surface area contributed by atoms with Gasteiger partial charge in [-0.3, -0.25) is 4.90 Å². The molecule has 5 heteroatoms. The van der Waals surface area contributed by atoms with E-state index in [1.54, 1.807) is 0 Å². The van der Waals surface area contributed by atoms with Crippen LogP contribution in [0.1, 0.15) is 59.1 Å². The Bertz CT molecular complexity index is 466. The van der Waals surface area contributed by atoms with Crippen molar-refractivity contribution in [1.29, 1.82) is 0 Å². The monoisotopic (exact) mass is 390 g/mol. The number of hydrogen-bond acceptors (Lipinski definition) is 3. The lowest BCUT2D eigenvalue weighted by atomic mass is 9.95. The minimum atomic E-state index is -0.142. The summed E-state index contributed by atoms with van der Waals surface area (Å²) in [6.45, 7) is 15.4. The van der Waals surface area contributed by atoms with E-state index in [2.05, 4.69) is 69.1 Å². The summed E-state index contributed by atoms with van der Waals surface area (Å²) in [6, 6.07) is 9.31. The lowest BCUT2D eigenvalue weighted by Crippen LogP contribution is -2.45. The van der Waals surface area contributed by atoms with Gasteiger partial charge in [-0.2, -0.15) is 0 Å². The Morgan fingerprint density at radius 2 is 1.56 bits per heavy atom. The maximum Gasteiger partial charge on any atom is 0.120 e. The van der Waals surface area contributed by atoms with Crippen molar-refractivity contribution in [3.05, 3.63) is 29.8 Å². The van der Waals surface area contributed by atoms with Gasteiger partial charge in [-0.1, -0.05) is 26.0 Å². The molecule has 25 heavy (non-hydrogen) atoms. The van der Waals surface area contributed by atoms with Crippen LogP contribution in [0.25, 0.3) is 0 Å². The Morgan fingerprint density at radius 3 is 2.04 bits per heavy atom. The lowest BCUT2D eigenvalue weighted by molar-refractivity contribution is 0.130. The molecule has 2 rings (SSSR count). The molecule has 0 bridgehead atoms. The first-order valence-electron chi connectivity index (χ1n) is 9.09. The second-order valence-corrected chi connectivity index (χ2v) is 8.06. The fourth-order valence-electron chi connectivity index (χ4n) is 3.16. The van der Waals surface area contributed by atoms with Crippen molar-refractivity contribution in [2.45, 2.75) is 59.1 Å². The summed E-state index contributed by atoms with van der Waals surface area (Å²) in [5, 5.41) is 3.46. The highest BCUT2D eigenvalue weighted by Crippen LogP contribution is 2.29. The van der Waals surface area contributed by atoms with Gasteiger partial charge in [0.15, 0.2) is 0 Å². The number of ether oxygens (including phenoxy) is 1. The minimum absolute atomic E-state index is 0. The Labute approximate surface area is 166 Å². The molecule has 146 valence electrons. The summed E-state index contributed by atoms with van der Waals surface area (Å²) in [6.07, 6.45) is 2.51. The average molecular weight is 391 g/mol. The molecule has 1 heterocycles. The van der Waals surface area contributed by atoms with Crippen LogP contribution < -0.4 is 10.1 Å². The SMILES string of the molecule is CC(C)CC[C@H](c1ccc(OC(C)(C)C)cc1)N1CCNCC1.Cl.Cl. The van der Waals surface area contributed by atoms with E-state index in [1.165, 1.54) is 18.4 Å². The van der Waals surface area contributed by atoms with E-state index in [9.17, 15) is 0 Å². The molecule has 3 nitrogen and oxygen atoms in total. The van der Waals surface area contributed by atoms with Gasteiger partial charge >= 0.3 is 0 Å². The van der Waals surface area contributed by atoms with Gasteiger partial charge in [0.1, 0.15) is 11.4 Å². The van der Waals surface area contributed by atoms with E-state index in [0.717, 1.165) is 37.8 Å². The highest BCUT2D eigenvalue weighted by atomic mass is 35.5. The predicted molar refractivity (Wildman–Crippen MR) is 113 cm³/mol. The lowest BCUT2D eigenvalue weighted by Gasteiger charge is -2.36. The molecular formula is C20H36Cl2N2O. The van der Waals surface area contributed by atoms with Crippen LogP contribution in [-0.4, -0.2) is 36.7 Å².